The maximum atomic E-state index is 4.65. The van der Waals surface area contributed by atoms with Crippen LogP contribution in [-0.4, -0.2) is 24.1 Å². The van der Waals surface area contributed by atoms with Crippen LogP contribution in [0.15, 0.2) is 72.8 Å². The highest BCUT2D eigenvalue weighted by molar-refractivity contribution is 6.13. The maximum absolute atomic E-state index is 4.65. The van der Waals surface area contributed by atoms with Crippen molar-refractivity contribution in [2.75, 3.05) is 23.9 Å². The minimum absolute atomic E-state index is 1.03. The standard InChI is InChI=1S/C32H30N4/c1-19-14-24(15-20(2)33-19)27-12-9-13-28-31(27)36(6)29-18-23-10-7-8-11-26(23)30(32(29)35(28)5)25-16-21(3)34-22(4)17-25/h7-18H,1-6H3. The van der Waals surface area contributed by atoms with Crippen molar-refractivity contribution in [3.05, 3.63) is 95.6 Å². The molecule has 5 aromatic rings. The topological polar surface area (TPSA) is 32.3 Å². The zero-order valence-corrected chi connectivity index (χ0v) is 21.7. The molecule has 0 unspecified atom stereocenters. The van der Waals surface area contributed by atoms with E-state index in [1.54, 1.807) is 0 Å². The van der Waals surface area contributed by atoms with Crippen LogP contribution in [0.3, 0.4) is 0 Å². The summed E-state index contributed by atoms with van der Waals surface area (Å²) in [4.78, 5) is 14.0. The second-order valence-corrected chi connectivity index (χ2v) is 9.91. The number of anilines is 4. The molecule has 0 fully saturated rings. The van der Waals surface area contributed by atoms with Crippen LogP contribution in [0.1, 0.15) is 22.8 Å². The Morgan fingerprint density at radius 3 is 1.81 bits per heavy atom. The fraction of sp³-hybridized carbons (Fsp3) is 0.188. The zero-order valence-electron chi connectivity index (χ0n) is 21.7. The van der Waals surface area contributed by atoms with Crippen LogP contribution in [0.4, 0.5) is 22.7 Å². The monoisotopic (exact) mass is 470 g/mol. The molecule has 0 aliphatic carbocycles. The van der Waals surface area contributed by atoms with Gasteiger partial charge in [0.1, 0.15) is 0 Å². The van der Waals surface area contributed by atoms with Gasteiger partial charge in [0.05, 0.1) is 22.7 Å². The van der Waals surface area contributed by atoms with E-state index in [4.69, 9.17) is 0 Å². The van der Waals surface area contributed by atoms with E-state index in [1.165, 1.54) is 55.8 Å². The van der Waals surface area contributed by atoms with E-state index >= 15 is 0 Å². The van der Waals surface area contributed by atoms with Gasteiger partial charge in [-0.2, -0.15) is 0 Å². The van der Waals surface area contributed by atoms with Gasteiger partial charge in [0.25, 0.3) is 0 Å². The summed E-state index contributed by atoms with van der Waals surface area (Å²) in [6.07, 6.45) is 0. The predicted molar refractivity (Wildman–Crippen MR) is 152 cm³/mol. The molecule has 4 heteroatoms. The molecule has 178 valence electrons. The molecule has 0 amide bonds. The first kappa shape index (κ1) is 22.3. The Labute approximate surface area is 212 Å². The Balaban J connectivity index is 1.67. The molecule has 6 rings (SSSR count). The molecule has 0 N–H and O–H groups in total. The van der Waals surface area contributed by atoms with Crippen molar-refractivity contribution in [3.8, 4) is 22.3 Å². The number of fused-ring (bicyclic) bond motifs is 3. The Hall–Kier alpha value is -4.18. The van der Waals surface area contributed by atoms with Gasteiger partial charge in [-0.15, -0.1) is 0 Å². The van der Waals surface area contributed by atoms with Gasteiger partial charge in [-0.1, -0.05) is 36.4 Å². The van der Waals surface area contributed by atoms with Crippen molar-refractivity contribution >= 4 is 33.5 Å². The number of hydrogen-bond acceptors (Lipinski definition) is 4. The van der Waals surface area contributed by atoms with Gasteiger partial charge in [0.15, 0.2) is 0 Å². The summed E-state index contributed by atoms with van der Waals surface area (Å²) in [7, 11) is 4.38. The van der Waals surface area contributed by atoms with Crippen molar-refractivity contribution in [1.82, 2.24) is 9.97 Å². The Kier molecular flexibility index (Phi) is 5.08. The Morgan fingerprint density at radius 2 is 1.14 bits per heavy atom. The van der Waals surface area contributed by atoms with E-state index in [1.807, 2.05) is 0 Å². The highest BCUT2D eigenvalue weighted by Gasteiger charge is 2.30. The molecular formula is C32H30N4. The molecule has 2 aromatic heterocycles. The van der Waals surface area contributed by atoms with Crippen molar-refractivity contribution in [1.29, 1.82) is 0 Å². The average molecular weight is 471 g/mol. The zero-order chi connectivity index (χ0) is 25.1. The fourth-order valence-electron chi connectivity index (χ4n) is 5.81. The average Bonchev–Trinajstić information content (AvgIpc) is 2.84. The van der Waals surface area contributed by atoms with Crippen LogP contribution in [0.5, 0.6) is 0 Å². The number of aromatic nitrogens is 2. The summed E-state index contributed by atoms with van der Waals surface area (Å²) in [5.74, 6) is 0. The third-order valence-electron chi connectivity index (χ3n) is 7.17. The molecular weight excluding hydrogens is 440 g/mol. The second-order valence-electron chi connectivity index (χ2n) is 9.91. The molecule has 0 bridgehead atoms. The minimum Gasteiger partial charge on any atom is -0.341 e. The largest absolute Gasteiger partial charge is 0.341 e. The quantitative estimate of drug-likeness (QED) is 0.261. The highest BCUT2D eigenvalue weighted by atomic mass is 15.2. The van der Waals surface area contributed by atoms with Gasteiger partial charge < -0.3 is 9.80 Å². The first-order valence-electron chi connectivity index (χ1n) is 12.4. The lowest BCUT2D eigenvalue weighted by Crippen LogP contribution is -2.25. The summed E-state index contributed by atoms with van der Waals surface area (Å²) >= 11 is 0. The Bertz CT molecular complexity index is 1630. The van der Waals surface area contributed by atoms with E-state index in [-0.39, 0.29) is 0 Å². The predicted octanol–water partition coefficient (Wildman–Crippen LogP) is 8.05. The molecule has 0 spiro atoms. The molecule has 3 aromatic carbocycles. The van der Waals surface area contributed by atoms with Crippen molar-refractivity contribution in [2.24, 2.45) is 0 Å². The smallest absolute Gasteiger partial charge is 0.0736 e. The summed E-state index contributed by atoms with van der Waals surface area (Å²) < 4.78 is 0. The van der Waals surface area contributed by atoms with E-state index in [2.05, 4.69) is 134 Å². The lowest BCUT2D eigenvalue weighted by atomic mass is 9.91. The first-order valence-corrected chi connectivity index (χ1v) is 12.4. The fourth-order valence-corrected chi connectivity index (χ4v) is 5.81. The molecule has 36 heavy (non-hydrogen) atoms. The number of benzene rings is 3. The van der Waals surface area contributed by atoms with Gasteiger partial charge in [-0.3, -0.25) is 9.97 Å². The number of rotatable bonds is 2. The summed E-state index contributed by atoms with van der Waals surface area (Å²) in [5.41, 5.74) is 13.8. The second kappa shape index (κ2) is 8.20. The third kappa shape index (κ3) is 3.44. The molecule has 0 saturated heterocycles. The lowest BCUT2D eigenvalue weighted by molar-refractivity contribution is 1.09. The van der Waals surface area contributed by atoms with Crippen molar-refractivity contribution in [2.45, 2.75) is 27.7 Å². The van der Waals surface area contributed by atoms with Crippen LogP contribution in [0.25, 0.3) is 33.0 Å². The van der Waals surface area contributed by atoms with Gasteiger partial charge in [-0.25, -0.2) is 0 Å². The normalized spacial score (nSPS) is 12.6. The molecule has 1 aliphatic heterocycles. The third-order valence-corrected chi connectivity index (χ3v) is 7.17. The van der Waals surface area contributed by atoms with E-state index in [0.29, 0.717) is 0 Å². The van der Waals surface area contributed by atoms with Crippen LogP contribution < -0.4 is 9.80 Å². The van der Waals surface area contributed by atoms with Gasteiger partial charge in [0.2, 0.25) is 0 Å². The Morgan fingerprint density at radius 1 is 0.556 bits per heavy atom. The number of pyridine rings is 2. The van der Waals surface area contributed by atoms with Gasteiger partial charge in [-0.05, 0) is 86.0 Å². The summed E-state index contributed by atoms with van der Waals surface area (Å²) in [6, 6.07) is 26.4. The molecule has 1 aliphatic rings. The number of nitrogens with zero attached hydrogens (tertiary/aromatic N) is 4. The molecule has 3 heterocycles. The first-order chi connectivity index (χ1) is 17.3. The molecule has 4 nitrogen and oxygen atoms in total. The molecule has 0 atom stereocenters. The van der Waals surface area contributed by atoms with Crippen LogP contribution in [-0.2, 0) is 0 Å². The van der Waals surface area contributed by atoms with Crippen molar-refractivity contribution in [3.63, 3.8) is 0 Å². The van der Waals surface area contributed by atoms with Gasteiger partial charge in [0, 0.05) is 48.0 Å². The van der Waals surface area contributed by atoms with Crippen LogP contribution >= 0.6 is 0 Å². The van der Waals surface area contributed by atoms with Crippen LogP contribution in [0.2, 0.25) is 0 Å². The lowest BCUT2D eigenvalue weighted by Gasteiger charge is -2.40. The van der Waals surface area contributed by atoms with E-state index in [9.17, 15) is 0 Å². The van der Waals surface area contributed by atoms with Crippen molar-refractivity contribution < 1.29 is 0 Å². The number of para-hydroxylation sites is 1. The number of hydrogen-bond donors (Lipinski definition) is 0. The van der Waals surface area contributed by atoms with Crippen LogP contribution in [0, 0.1) is 27.7 Å². The SMILES string of the molecule is Cc1cc(-c2cccc3c2N(C)c2cc4ccccc4c(-c4cc(C)nc(C)c4)c2N3C)cc(C)n1. The molecule has 0 radical (unpaired) electrons. The minimum atomic E-state index is 1.03. The van der Waals surface area contributed by atoms with E-state index in [0.717, 1.165) is 22.8 Å². The van der Waals surface area contributed by atoms with Gasteiger partial charge >= 0.3 is 0 Å². The summed E-state index contributed by atoms with van der Waals surface area (Å²) in [6.45, 7) is 8.27. The maximum Gasteiger partial charge on any atom is 0.0736 e. The highest BCUT2D eigenvalue weighted by Crippen LogP contribution is 2.55. The van der Waals surface area contributed by atoms with E-state index < -0.39 is 0 Å². The number of aryl methyl sites for hydroxylation is 4. The summed E-state index contributed by atoms with van der Waals surface area (Å²) in [5, 5.41) is 2.48. The molecule has 0 saturated carbocycles.